The number of carbonyl (C=O) groups is 1. The van der Waals surface area contributed by atoms with Gasteiger partial charge in [0.1, 0.15) is 10.7 Å². The summed E-state index contributed by atoms with van der Waals surface area (Å²) < 4.78 is 84.7. The molecule has 2 aliphatic rings. The molecule has 162 valence electrons. The van der Waals surface area contributed by atoms with Gasteiger partial charge < -0.3 is 10.1 Å². The summed E-state index contributed by atoms with van der Waals surface area (Å²) in [5.74, 6) is -3.96. The van der Waals surface area contributed by atoms with Crippen molar-refractivity contribution in [2.45, 2.75) is 36.8 Å². The van der Waals surface area contributed by atoms with Crippen molar-refractivity contribution in [3.8, 4) is 0 Å². The van der Waals surface area contributed by atoms with Gasteiger partial charge in [-0.05, 0) is 37.5 Å². The van der Waals surface area contributed by atoms with Gasteiger partial charge in [0.2, 0.25) is 15.9 Å². The van der Waals surface area contributed by atoms with Gasteiger partial charge >= 0.3 is 6.18 Å². The Bertz CT molecular complexity index is 854. The lowest BCUT2D eigenvalue weighted by Crippen LogP contribution is -2.41. The van der Waals surface area contributed by atoms with Crippen LogP contribution in [0.4, 0.5) is 23.2 Å². The van der Waals surface area contributed by atoms with Crippen molar-refractivity contribution in [1.29, 1.82) is 0 Å². The number of morpholine rings is 1. The Balaban J connectivity index is 1.75. The van der Waals surface area contributed by atoms with Gasteiger partial charge in [0.25, 0.3) is 0 Å². The van der Waals surface area contributed by atoms with E-state index < -0.39 is 44.7 Å². The average Bonchev–Trinajstić information content (AvgIpc) is 2.69. The zero-order valence-electron chi connectivity index (χ0n) is 15.5. The lowest BCUT2D eigenvalue weighted by molar-refractivity contribution is -0.185. The van der Waals surface area contributed by atoms with Gasteiger partial charge in [0, 0.05) is 24.7 Å². The van der Waals surface area contributed by atoms with Crippen LogP contribution in [0.2, 0.25) is 0 Å². The molecule has 0 aromatic heterocycles. The van der Waals surface area contributed by atoms with E-state index in [-0.39, 0.29) is 51.3 Å². The number of alkyl halides is 3. The molecule has 0 spiro atoms. The van der Waals surface area contributed by atoms with Crippen molar-refractivity contribution >= 4 is 21.6 Å². The van der Waals surface area contributed by atoms with Gasteiger partial charge in [-0.25, -0.2) is 12.8 Å². The van der Waals surface area contributed by atoms with Crippen LogP contribution in [0.1, 0.15) is 25.7 Å². The van der Waals surface area contributed by atoms with E-state index in [1.54, 1.807) is 0 Å². The molecule has 1 heterocycles. The molecular formula is C18H22F4N2O4S. The topological polar surface area (TPSA) is 75.7 Å². The smallest absolute Gasteiger partial charge is 0.379 e. The maximum atomic E-state index is 14.2. The first-order valence-corrected chi connectivity index (χ1v) is 10.8. The highest BCUT2D eigenvalue weighted by Gasteiger charge is 2.43. The third-order valence-electron chi connectivity index (χ3n) is 5.29. The predicted molar refractivity (Wildman–Crippen MR) is 96.1 cm³/mol. The number of hydrogen-bond acceptors (Lipinski definition) is 4. The molecule has 1 saturated heterocycles. The first-order chi connectivity index (χ1) is 13.6. The van der Waals surface area contributed by atoms with Crippen LogP contribution in [0.25, 0.3) is 0 Å². The quantitative estimate of drug-likeness (QED) is 0.733. The van der Waals surface area contributed by atoms with E-state index in [9.17, 15) is 30.8 Å². The molecule has 2 atom stereocenters. The number of rotatable bonds is 4. The van der Waals surface area contributed by atoms with Crippen LogP contribution < -0.4 is 5.32 Å². The minimum absolute atomic E-state index is 0.00817. The van der Waals surface area contributed by atoms with Crippen LogP contribution in [0, 0.1) is 17.7 Å². The number of anilines is 1. The highest BCUT2D eigenvalue weighted by atomic mass is 32.2. The van der Waals surface area contributed by atoms with Gasteiger partial charge in [-0.2, -0.15) is 17.5 Å². The van der Waals surface area contributed by atoms with Crippen LogP contribution in [0.5, 0.6) is 0 Å². The van der Waals surface area contributed by atoms with Gasteiger partial charge in [0.05, 0.1) is 19.1 Å². The van der Waals surface area contributed by atoms with E-state index in [1.807, 2.05) is 0 Å². The molecule has 6 nitrogen and oxygen atoms in total. The van der Waals surface area contributed by atoms with E-state index in [0.29, 0.717) is 6.42 Å². The molecule has 1 amide bonds. The molecule has 2 fully saturated rings. The number of carbonyl (C=O) groups excluding carboxylic acids is 1. The Kier molecular flexibility index (Phi) is 6.49. The number of nitrogens with one attached hydrogen (secondary N) is 1. The summed E-state index contributed by atoms with van der Waals surface area (Å²) in [6.07, 6.45) is -4.07. The molecule has 1 aromatic carbocycles. The normalized spacial score (nSPS) is 24.3. The van der Waals surface area contributed by atoms with E-state index in [2.05, 4.69) is 5.32 Å². The Morgan fingerprint density at radius 3 is 2.52 bits per heavy atom. The largest absolute Gasteiger partial charge is 0.391 e. The van der Waals surface area contributed by atoms with E-state index in [4.69, 9.17) is 4.74 Å². The number of halogens is 4. The van der Waals surface area contributed by atoms with Crippen molar-refractivity contribution in [3.63, 3.8) is 0 Å². The SMILES string of the molecule is O=C(Nc1ccc(F)c(S(=O)(=O)N2CCOCC2)c1)C1CCCC(C(F)(F)F)C1. The first-order valence-electron chi connectivity index (χ1n) is 9.34. The fourth-order valence-electron chi connectivity index (χ4n) is 3.67. The van der Waals surface area contributed by atoms with Gasteiger partial charge in [-0.1, -0.05) is 6.42 Å². The molecule has 1 aliphatic carbocycles. The van der Waals surface area contributed by atoms with E-state index in [1.165, 1.54) is 6.07 Å². The third kappa shape index (κ3) is 5.07. The number of sulfonamides is 1. The number of nitrogens with zero attached hydrogens (tertiary/aromatic N) is 1. The molecular weight excluding hydrogens is 416 g/mol. The molecule has 0 bridgehead atoms. The average molecular weight is 438 g/mol. The molecule has 3 rings (SSSR count). The second kappa shape index (κ2) is 8.57. The van der Waals surface area contributed by atoms with Crippen molar-refractivity contribution in [2.24, 2.45) is 11.8 Å². The lowest BCUT2D eigenvalue weighted by Gasteiger charge is -2.29. The fourth-order valence-corrected chi connectivity index (χ4v) is 5.17. The first kappa shape index (κ1) is 22.0. The highest BCUT2D eigenvalue weighted by Crippen LogP contribution is 2.40. The summed E-state index contributed by atoms with van der Waals surface area (Å²) in [5.41, 5.74) is 0.0253. The summed E-state index contributed by atoms with van der Waals surface area (Å²) in [5, 5.41) is 2.45. The van der Waals surface area contributed by atoms with Crippen molar-refractivity contribution in [3.05, 3.63) is 24.0 Å². The van der Waals surface area contributed by atoms with Crippen LogP contribution in [0.15, 0.2) is 23.1 Å². The number of ether oxygens (including phenoxy) is 1. The molecule has 0 radical (unpaired) electrons. The van der Waals surface area contributed by atoms with Crippen LogP contribution in [0.3, 0.4) is 0 Å². The van der Waals surface area contributed by atoms with E-state index >= 15 is 0 Å². The third-order valence-corrected chi connectivity index (χ3v) is 7.21. The van der Waals surface area contributed by atoms with Gasteiger partial charge in [0.15, 0.2) is 0 Å². The Morgan fingerprint density at radius 2 is 1.86 bits per heavy atom. The van der Waals surface area contributed by atoms with E-state index in [0.717, 1.165) is 16.4 Å². The molecule has 1 aromatic rings. The van der Waals surface area contributed by atoms with Gasteiger partial charge in [-0.15, -0.1) is 0 Å². The second-order valence-corrected chi connectivity index (χ2v) is 9.16. The summed E-state index contributed by atoms with van der Waals surface area (Å²) in [7, 11) is -4.13. The fraction of sp³-hybridized carbons (Fsp3) is 0.611. The number of hydrogen-bond donors (Lipinski definition) is 1. The zero-order chi connectivity index (χ0) is 21.2. The monoisotopic (exact) mass is 438 g/mol. The van der Waals surface area contributed by atoms with Crippen LogP contribution in [-0.2, 0) is 19.6 Å². The Morgan fingerprint density at radius 1 is 1.17 bits per heavy atom. The Hall–Kier alpha value is -1.72. The minimum Gasteiger partial charge on any atom is -0.379 e. The maximum Gasteiger partial charge on any atom is 0.391 e. The Labute approximate surface area is 166 Å². The minimum atomic E-state index is -4.35. The van der Waals surface area contributed by atoms with Crippen molar-refractivity contribution in [2.75, 3.05) is 31.6 Å². The molecule has 29 heavy (non-hydrogen) atoms. The highest BCUT2D eigenvalue weighted by molar-refractivity contribution is 7.89. The maximum absolute atomic E-state index is 14.2. The number of benzene rings is 1. The molecule has 2 unspecified atom stereocenters. The molecule has 1 aliphatic heterocycles. The van der Waals surface area contributed by atoms with Crippen molar-refractivity contribution in [1.82, 2.24) is 4.31 Å². The van der Waals surface area contributed by atoms with Crippen LogP contribution >= 0.6 is 0 Å². The molecule has 1 saturated carbocycles. The summed E-state index contributed by atoms with van der Waals surface area (Å²) in [6.45, 7) is 0.553. The number of amides is 1. The standard InChI is InChI=1S/C18H22F4N2O4S/c19-15-5-4-14(11-16(15)29(26,27)24-6-8-28-9-7-24)23-17(25)12-2-1-3-13(10-12)18(20,21)22/h4-5,11-13H,1-3,6-10H2,(H,23,25). The lowest BCUT2D eigenvalue weighted by atomic mass is 9.80. The molecule has 11 heteroatoms. The summed E-state index contributed by atoms with van der Waals surface area (Å²) in [4.78, 5) is 11.9. The van der Waals surface area contributed by atoms with Crippen LogP contribution in [-0.4, -0.2) is 51.1 Å². The summed E-state index contributed by atoms with van der Waals surface area (Å²) in [6, 6.07) is 3.11. The summed E-state index contributed by atoms with van der Waals surface area (Å²) >= 11 is 0. The van der Waals surface area contributed by atoms with Crippen molar-refractivity contribution < 1.29 is 35.5 Å². The predicted octanol–water partition coefficient (Wildman–Crippen LogP) is 3.15. The zero-order valence-corrected chi connectivity index (χ0v) is 16.4. The molecule has 1 N–H and O–H groups in total. The second-order valence-electron chi connectivity index (χ2n) is 7.25. The van der Waals surface area contributed by atoms with Gasteiger partial charge in [-0.3, -0.25) is 4.79 Å².